The molecule has 1 aromatic heterocycles. The summed E-state index contributed by atoms with van der Waals surface area (Å²) in [5, 5.41) is 5.24. The summed E-state index contributed by atoms with van der Waals surface area (Å²) in [5.41, 5.74) is 0.405. The van der Waals surface area contributed by atoms with Gasteiger partial charge < -0.3 is 5.32 Å². The zero-order valence-electron chi connectivity index (χ0n) is 11.1. The van der Waals surface area contributed by atoms with Crippen LogP contribution in [0.5, 0.6) is 0 Å². The van der Waals surface area contributed by atoms with Crippen molar-refractivity contribution in [1.82, 2.24) is 5.32 Å². The Balaban J connectivity index is 1.64. The van der Waals surface area contributed by atoms with Gasteiger partial charge in [-0.05, 0) is 36.1 Å². The van der Waals surface area contributed by atoms with Crippen LogP contribution in [-0.4, -0.2) is 17.7 Å². The van der Waals surface area contributed by atoms with Crippen LogP contribution >= 0.6 is 23.1 Å². The van der Waals surface area contributed by atoms with E-state index in [1.807, 2.05) is 0 Å². The fraction of sp³-hybridized carbons (Fsp3) is 0.643. The van der Waals surface area contributed by atoms with Crippen LogP contribution in [-0.2, 0) is 10.5 Å². The first-order chi connectivity index (χ1) is 8.55. The lowest BCUT2D eigenvalue weighted by Crippen LogP contribution is -2.34. The minimum Gasteiger partial charge on any atom is -0.353 e. The van der Waals surface area contributed by atoms with E-state index in [1.165, 1.54) is 11.3 Å². The maximum Gasteiger partial charge on any atom is 0.230 e. The summed E-state index contributed by atoms with van der Waals surface area (Å²) in [7, 11) is 0. The van der Waals surface area contributed by atoms with Crippen molar-refractivity contribution in [2.45, 2.75) is 44.9 Å². The fourth-order valence-corrected chi connectivity index (χ4v) is 4.15. The number of rotatable bonds is 5. The van der Waals surface area contributed by atoms with Gasteiger partial charge in [0.25, 0.3) is 0 Å². The smallest absolute Gasteiger partial charge is 0.230 e. The van der Waals surface area contributed by atoms with Gasteiger partial charge in [-0.15, -0.1) is 23.1 Å². The number of carbonyl (C=O) groups is 1. The lowest BCUT2D eigenvalue weighted by molar-refractivity contribution is -0.119. The molecule has 0 aliphatic heterocycles. The van der Waals surface area contributed by atoms with Gasteiger partial charge >= 0.3 is 0 Å². The Morgan fingerprint density at radius 1 is 1.61 bits per heavy atom. The highest BCUT2D eigenvalue weighted by molar-refractivity contribution is 7.99. The molecule has 0 spiro atoms. The van der Waals surface area contributed by atoms with Crippen molar-refractivity contribution in [1.29, 1.82) is 0 Å². The number of thioether (sulfide) groups is 1. The molecule has 4 heteroatoms. The van der Waals surface area contributed by atoms with Gasteiger partial charge in [-0.1, -0.05) is 19.9 Å². The molecule has 1 heterocycles. The van der Waals surface area contributed by atoms with E-state index in [4.69, 9.17) is 0 Å². The van der Waals surface area contributed by atoms with E-state index in [1.54, 1.807) is 23.1 Å². The average molecular weight is 283 g/mol. The summed E-state index contributed by atoms with van der Waals surface area (Å²) in [6.07, 6.45) is 3.48. The Bertz CT molecular complexity index is 387. The first kappa shape index (κ1) is 13.9. The Kier molecular flexibility index (Phi) is 4.73. The summed E-state index contributed by atoms with van der Waals surface area (Å²) < 4.78 is 0. The van der Waals surface area contributed by atoms with E-state index in [9.17, 15) is 4.79 Å². The van der Waals surface area contributed by atoms with Gasteiger partial charge in [0.1, 0.15) is 0 Å². The monoisotopic (exact) mass is 283 g/mol. The van der Waals surface area contributed by atoms with Crippen molar-refractivity contribution in [3.8, 4) is 0 Å². The van der Waals surface area contributed by atoms with Crippen LogP contribution in [0.25, 0.3) is 0 Å². The SMILES string of the molecule is CC1(C)CCC(NC(=O)CSCc2cccs2)C1. The maximum atomic E-state index is 11.8. The predicted molar refractivity (Wildman–Crippen MR) is 80.0 cm³/mol. The summed E-state index contributed by atoms with van der Waals surface area (Å²) in [5.74, 6) is 1.72. The summed E-state index contributed by atoms with van der Waals surface area (Å²) >= 11 is 3.46. The minimum atomic E-state index is 0.194. The van der Waals surface area contributed by atoms with E-state index >= 15 is 0 Å². The molecule has 0 radical (unpaired) electrons. The second kappa shape index (κ2) is 6.11. The quantitative estimate of drug-likeness (QED) is 0.893. The average Bonchev–Trinajstić information content (AvgIpc) is 2.88. The molecular weight excluding hydrogens is 262 g/mol. The van der Waals surface area contributed by atoms with Crippen LogP contribution in [0.15, 0.2) is 17.5 Å². The van der Waals surface area contributed by atoms with Crippen molar-refractivity contribution in [2.75, 3.05) is 5.75 Å². The number of nitrogens with one attached hydrogen (secondary N) is 1. The number of hydrogen-bond acceptors (Lipinski definition) is 3. The molecule has 0 aromatic carbocycles. The van der Waals surface area contributed by atoms with Gasteiger partial charge in [-0.25, -0.2) is 0 Å². The highest BCUT2D eigenvalue weighted by Crippen LogP contribution is 2.36. The molecule has 1 saturated carbocycles. The van der Waals surface area contributed by atoms with Crippen LogP contribution in [0.2, 0.25) is 0 Å². The summed E-state index contributed by atoms with van der Waals surface area (Å²) in [6, 6.07) is 4.57. The van der Waals surface area contributed by atoms with Crippen LogP contribution < -0.4 is 5.32 Å². The molecule has 1 fully saturated rings. The maximum absolute atomic E-state index is 11.8. The lowest BCUT2D eigenvalue weighted by atomic mass is 9.92. The van der Waals surface area contributed by atoms with E-state index in [0.717, 1.165) is 18.6 Å². The molecule has 0 bridgehead atoms. The molecule has 1 amide bonds. The van der Waals surface area contributed by atoms with Crippen molar-refractivity contribution in [3.63, 3.8) is 0 Å². The molecule has 1 atom stereocenters. The van der Waals surface area contributed by atoms with E-state index in [-0.39, 0.29) is 5.91 Å². The molecule has 2 rings (SSSR count). The Labute approximate surface area is 118 Å². The lowest BCUT2D eigenvalue weighted by Gasteiger charge is -2.17. The molecule has 2 nitrogen and oxygen atoms in total. The molecule has 100 valence electrons. The molecule has 0 saturated heterocycles. The molecule has 1 unspecified atom stereocenters. The van der Waals surface area contributed by atoms with Gasteiger partial charge in [0.05, 0.1) is 5.75 Å². The van der Waals surface area contributed by atoms with E-state index in [2.05, 4.69) is 36.7 Å². The first-order valence-electron chi connectivity index (χ1n) is 6.45. The first-order valence-corrected chi connectivity index (χ1v) is 8.48. The van der Waals surface area contributed by atoms with Gasteiger partial charge in [-0.3, -0.25) is 4.79 Å². The van der Waals surface area contributed by atoms with E-state index in [0.29, 0.717) is 17.2 Å². The van der Waals surface area contributed by atoms with Crippen molar-refractivity contribution in [3.05, 3.63) is 22.4 Å². The topological polar surface area (TPSA) is 29.1 Å². The second-order valence-corrected chi connectivity index (χ2v) is 7.76. The van der Waals surface area contributed by atoms with Crippen LogP contribution in [0.4, 0.5) is 0 Å². The van der Waals surface area contributed by atoms with Crippen molar-refractivity contribution in [2.24, 2.45) is 5.41 Å². The number of thiophene rings is 1. The Hall–Kier alpha value is -0.480. The third-order valence-electron chi connectivity index (χ3n) is 3.39. The number of amides is 1. The van der Waals surface area contributed by atoms with Crippen LogP contribution in [0.1, 0.15) is 38.0 Å². The van der Waals surface area contributed by atoms with E-state index < -0.39 is 0 Å². The zero-order valence-corrected chi connectivity index (χ0v) is 12.7. The zero-order chi connectivity index (χ0) is 13.0. The second-order valence-electron chi connectivity index (χ2n) is 5.74. The van der Waals surface area contributed by atoms with Crippen LogP contribution in [0.3, 0.4) is 0 Å². The van der Waals surface area contributed by atoms with Gasteiger partial charge in [0.15, 0.2) is 0 Å². The van der Waals surface area contributed by atoms with Crippen molar-refractivity contribution >= 4 is 29.0 Å². The molecule has 1 aliphatic rings. The fourth-order valence-electron chi connectivity index (χ4n) is 2.47. The molecular formula is C14H21NOS2. The van der Waals surface area contributed by atoms with Crippen molar-refractivity contribution < 1.29 is 4.79 Å². The standard InChI is InChI=1S/C14H21NOS2/c1-14(2)6-5-11(8-14)15-13(16)10-17-9-12-4-3-7-18-12/h3-4,7,11H,5-6,8-10H2,1-2H3,(H,15,16). The predicted octanol–water partition coefficient (Wildman–Crippen LogP) is 3.68. The Morgan fingerprint density at radius 2 is 2.44 bits per heavy atom. The summed E-state index contributed by atoms with van der Waals surface area (Å²) in [4.78, 5) is 13.2. The highest BCUT2D eigenvalue weighted by Gasteiger charge is 2.31. The van der Waals surface area contributed by atoms with Gasteiger partial charge in [0, 0.05) is 16.7 Å². The molecule has 1 aliphatic carbocycles. The molecule has 1 N–H and O–H groups in total. The number of hydrogen-bond donors (Lipinski definition) is 1. The summed E-state index contributed by atoms with van der Waals surface area (Å²) in [6.45, 7) is 4.56. The minimum absolute atomic E-state index is 0.194. The van der Waals surface area contributed by atoms with Gasteiger partial charge in [-0.2, -0.15) is 0 Å². The van der Waals surface area contributed by atoms with Crippen LogP contribution in [0, 0.1) is 5.41 Å². The number of carbonyl (C=O) groups excluding carboxylic acids is 1. The normalized spacial score (nSPS) is 22.0. The van der Waals surface area contributed by atoms with Gasteiger partial charge in [0.2, 0.25) is 5.91 Å². The third kappa shape index (κ3) is 4.32. The third-order valence-corrected chi connectivity index (χ3v) is 5.43. The molecule has 18 heavy (non-hydrogen) atoms. The molecule has 1 aromatic rings. The highest BCUT2D eigenvalue weighted by atomic mass is 32.2. The Morgan fingerprint density at radius 3 is 3.06 bits per heavy atom. The largest absolute Gasteiger partial charge is 0.353 e.